The fraction of sp³-hybridized carbons (Fsp3) is 0.261. The van der Waals surface area contributed by atoms with E-state index in [0.717, 1.165) is 40.0 Å². The third kappa shape index (κ3) is 5.30. The highest BCUT2D eigenvalue weighted by Crippen LogP contribution is 2.32. The van der Waals surface area contributed by atoms with E-state index in [9.17, 15) is 14.4 Å². The van der Waals surface area contributed by atoms with Gasteiger partial charge in [0.1, 0.15) is 12.3 Å². The molecule has 3 rings (SSSR count). The molecule has 1 atom stereocenters. The summed E-state index contributed by atoms with van der Waals surface area (Å²) in [5, 5.41) is 2.29. The molecule has 0 bridgehead atoms. The van der Waals surface area contributed by atoms with Crippen LogP contribution in [0.25, 0.3) is 6.08 Å². The summed E-state index contributed by atoms with van der Waals surface area (Å²) in [6.07, 6.45) is 2.68. The highest BCUT2D eigenvalue weighted by Gasteiger charge is 2.36. The van der Waals surface area contributed by atoms with Crippen LogP contribution in [0.2, 0.25) is 0 Å². The lowest BCUT2D eigenvalue weighted by molar-refractivity contribution is -0.127. The molecule has 0 aliphatic carbocycles. The fourth-order valence-corrected chi connectivity index (χ4v) is 3.63. The Kier molecular flexibility index (Phi) is 6.95. The van der Waals surface area contributed by atoms with Crippen LogP contribution in [0.5, 0.6) is 5.75 Å². The van der Waals surface area contributed by atoms with Crippen molar-refractivity contribution in [2.75, 3.05) is 11.9 Å². The molecule has 1 N–H and O–H groups in total. The first-order chi connectivity index (χ1) is 14.4. The zero-order chi connectivity index (χ0) is 21.7. The van der Waals surface area contributed by atoms with Crippen molar-refractivity contribution in [2.24, 2.45) is 0 Å². The SMILES string of the molecule is CC[C@H](C)Oc1ccc(/C=C2\SC(=O)N(CC(=O)Nc3ccccc3C)C2=O)cc1. The molecule has 0 spiro atoms. The summed E-state index contributed by atoms with van der Waals surface area (Å²) in [5.74, 6) is -0.133. The minimum Gasteiger partial charge on any atom is -0.491 e. The predicted molar refractivity (Wildman–Crippen MR) is 119 cm³/mol. The Morgan fingerprint density at radius 1 is 1.17 bits per heavy atom. The van der Waals surface area contributed by atoms with Crippen LogP contribution in [0.3, 0.4) is 0 Å². The van der Waals surface area contributed by atoms with Gasteiger partial charge >= 0.3 is 0 Å². The van der Waals surface area contributed by atoms with Crippen LogP contribution in [-0.4, -0.2) is 34.6 Å². The van der Waals surface area contributed by atoms with E-state index in [2.05, 4.69) is 12.2 Å². The lowest BCUT2D eigenvalue weighted by Crippen LogP contribution is -2.36. The van der Waals surface area contributed by atoms with Crippen LogP contribution in [0, 0.1) is 6.92 Å². The van der Waals surface area contributed by atoms with Crippen LogP contribution in [0.4, 0.5) is 10.5 Å². The second kappa shape index (κ2) is 9.63. The first kappa shape index (κ1) is 21.6. The molecular formula is C23H24N2O4S. The number of para-hydroxylation sites is 1. The maximum atomic E-state index is 12.6. The minimum atomic E-state index is -0.468. The number of carbonyl (C=O) groups is 3. The van der Waals surface area contributed by atoms with Crippen molar-refractivity contribution in [3.05, 3.63) is 64.6 Å². The molecule has 1 saturated heterocycles. The van der Waals surface area contributed by atoms with Crippen molar-refractivity contribution in [3.63, 3.8) is 0 Å². The molecule has 30 heavy (non-hydrogen) atoms. The molecular weight excluding hydrogens is 400 g/mol. The number of carbonyl (C=O) groups excluding carboxylic acids is 3. The van der Waals surface area contributed by atoms with Crippen molar-refractivity contribution in [1.82, 2.24) is 4.90 Å². The average molecular weight is 425 g/mol. The number of hydrogen-bond donors (Lipinski definition) is 1. The van der Waals surface area contributed by atoms with Gasteiger partial charge in [0.15, 0.2) is 0 Å². The third-order valence-electron chi connectivity index (χ3n) is 4.68. The summed E-state index contributed by atoms with van der Waals surface area (Å²) in [7, 11) is 0. The Balaban J connectivity index is 1.65. The van der Waals surface area contributed by atoms with E-state index < -0.39 is 17.1 Å². The van der Waals surface area contributed by atoms with Crippen molar-refractivity contribution >= 4 is 40.6 Å². The summed E-state index contributed by atoms with van der Waals surface area (Å²) in [6, 6.07) is 14.6. The molecule has 0 saturated carbocycles. The van der Waals surface area contributed by atoms with Gasteiger partial charge in [-0.25, -0.2) is 0 Å². The Hall–Kier alpha value is -3.06. The lowest BCUT2D eigenvalue weighted by Gasteiger charge is -2.13. The number of aryl methyl sites for hydroxylation is 1. The molecule has 3 amide bonds. The van der Waals surface area contributed by atoms with Crippen molar-refractivity contribution in [2.45, 2.75) is 33.3 Å². The number of hydrogen-bond acceptors (Lipinski definition) is 5. The van der Waals surface area contributed by atoms with Gasteiger partial charge in [0.2, 0.25) is 5.91 Å². The van der Waals surface area contributed by atoms with Gasteiger partial charge in [-0.1, -0.05) is 37.3 Å². The summed E-state index contributed by atoms with van der Waals surface area (Å²) >= 11 is 0.834. The Morgan fingerprint density at radius 2 is 1.87 bits per heavy atom. The molecule has 2 aromatic carbocycles. The molecule has 2 aromatic rings. The predicted octanol–water partition coefficient (Wildman–Crippen LogP) is 4.85. The third-order valence-corrected chi connectivity index (χ3v) is 5.59. The number of thioether (sulfide) groups is 1. The lowest BCUT2D eigenvalue weighted by atomic mass is 10.2. The molecule has 0 aromatic heterocycles. The minimum absolute atomic E-state index is 0.123. The number of rotatable bonds is 7. The number of nitrogens with one attached hydrogen (secondary N) is 1. The zero-order valence-corrected chi connectivity index (χ0v) is 18.0. The molecule has 156 valence electrons. The molecule has 0 unspecified atom stereocenters. The van der Waals surface area contributed by atoms with E-state index in [1.807, 2.05) is 56.3 Å². The molecule has 1 fully saturated rings. The molecule has 1 aliphatic heterocycles. The van der Waals surface area contributed by atoms with Gasteiger partial charge in [-0.15, -0.1) is 0 Å². The summed E-state index contributed by atoms with van der Waals surface area (Å²) in [5.41, 5.74) is 2.34. The van der Waals surface area contributed by atoms with Gasteiger partial charge in [0, 0.05) is 5.69 Å². The summed E-state index contributed by atoms with van der Waals surface area (Å²) in [6.45, 7) is 5.60. The quantitative estimate of drug-likeness (QED) is 0.643. The first-order valence-electron chi connectivity index (χ1n) is 9.75. The standard InChI is InChI=1S/C23H24N2O4S/c1-4-16(3)29-18-11-9-17(10-12-18)13-20-22(27)25(23(28)30-20)14-21(26)24-19-8-6-5-7-15(19)2/h5-13,16H,4,14H2,1-3H3,(H,24,26)/b20-13-/t16-/m0/s1. The topological polar surface area (TPSA) is 75.7 Å². The fourth-order valence-electron chi connectivity index (χ4n) is 2.79. The number of ether oxygens (including phenoxy) is 1. The van der Waals surface area contributed by atoms with Crippen molar-refractivity contribution in [1.29, 1.82) is 0 Å². The van der Waals surface area contributed by atoms with Crippen LogP contribution in [0.1, 0.15) is 31.4 Å². The van der Waals surface area contributed by atoms with Gasteiger partial charge < -0.3 is 10.1 Å². The number of imide groups is 1. The van der Waals surface area contributed by atoms with E-state index in [-0.39, 0.29) is 12.6 Å². The maximum absolute atomic E-state index is 12.6. The molecule has 1 aliphatic rings. The molecule has 7 heteroatoms. The number of benzene rings is 2. The Bertz CT molecular complexity index is 985. The van der Waals surface area contributed by atoms with Crippen molar-refractivity contribution < 1.29 is 19.1 Å². The van der Waals surface area contributed by atoms with Crippen LogP contribution in [0.15, 0.2) is 53.4 Å². The average Bonchev–Trinajstić information content (AvgIpc) is 2.98. The second-order valence-electron chi connectivity index (χ2n) is 7.04. The highest BCUT2D eigenvalue weighted by molar-refractivity contribution is 8.18. The van der Waals surface area contributed by atoms with E-state index in [1.165, 1.54) is 0 Å². The first-order valence-corrected chi connectivity index (χ1v) is 10.6. The molecule has 0 radical (unpaired) electrons. The Morgan fingerprint density at radius 3 is 2.53 bits per heavy atom. The van der Waals surface area contributed by atoms with Crippen LogP contribution >= 0.6 is 11.8 Å². The number of nitrogens with zero attached hydrogens (tertiary/aromatic N) is 1. The normalized spacial score (nSPS) is 16.1. The maximum Gasteiger partial charge on any atom is 0.294 e. The highest BCUT2D eigenvalue weighted by atomic mass is 32.2. The monoisotopic (exact) mass is 424 g/mol. The summed E-state index contributed by atoms with van der Waals surface area (Å²) < 4.78 is 5.75. The van der Waals surface area contributed by atoms with Gasteiger partial charge in [-0.2, -0.15) is 0 Å². The van der Waals surface area contributed by atoms with Crippen LogP contribution < -0.4 is 10.1 Å². The van der Waals surface area contributed by atoms with Crippen molar-refractivity contribution in [3.8, 4) is 5.75 Å². The zero-order valence-electron chi connectivity index (χ0n) is 17.2. The Labute approximate surface area is 180 Å². The van der Waals surface area contributed by atoms with Gasteiger partial charge in [-0.05, 0) is 67.4 Å². The van der Waals surface area contributed by atoms with E-state index in [0.29, 0.717) is 10.6 Å². The van der Waals surface area contributed by atoms with Gasteiger partial charge in [-0.3, -0.25) is 19.3 Å². The smallest absolute Gasteiger partial charge is 0.294 e. The van der Waals surface area contributed by atoms with E-state index >= 15 is 0 Å². The number of anilines is 1. The molecule has 1 heterocycles. The van der Waals surface area contributed by atoms with Crippen LogP contribution in [-0.2, 0) is 9.59 Å². The second-order valence-corrected chi connectivity index (χ2v) is 8.03. The van der Waals surface area contributed by atoms with E-state index in [4.69, 9.17) is 4.74 Å². The summed E-state index contributed by atoms with van der Waals surface area (Å²) in [4.78, 5) is 38.5. The molecule has 6 nitrogen and oxygen atoms in total. The number of amides is 3. The van der Waals surface area contributed by atoms with Gasteiger partial charge in [0.05, 0.1) is 11.0 Å². The van der Waals surface area contributed by atoms with Gasteiger partial charge in [0.25, 0.3) is 11.1 Å². The largest absolute Gasteiger partial charge is 0.491 e. The van der Waals surface area contributed by atoms with E-state index in [1.54, 1.807) is 12.1 Å².